The largest absolute Gasteiger partial charge is 0.465 e. The lowest BCUT2D eigenvalue weighted by molar-refractivity contribution is -0.138. The van der Waals surface area contributed by atoms with E-state index in [1.165, 1.54) is 35.1 Å². The van der Waals surface area contributed by atoms with Gasteiger partial charge in [-0.05, 0) is 43.0 Å². The lowest BCUT2D eigenvalue weighted by atomic mass is 10.00. The fraction of sp³-hybridized carbons (Fsp3) is 0.452. The molecule has 246 valence electrons. The first-order chi connectivity index (χ1) is 21.7. The highest BCUT2D eigenvalue weighted by molar-refractivity contribution is 5.94. The molecule has 3 aromatic rings. The molecule has 1 aromatic heterocycles. The smallest absolute Gasteiger partial charge is 0.416 e. The highest BCUT2D eigenvalue weighted by Gasteiger charge is 2.48. The molecule has 0 bridgehead atoms. The number of piperidine rings is 1. The van der Waals surface area contributed by atoms with E-state index in [9.17, 15) is 41.0 Å². The number of nitrogens with zero attached hydrogens (tertiary/aromatic N) is 6. The Labute approximate surface area is 260 Å². The van der Waals surface area contributed by atoms with Crippen molar-refractivity contribution in [3.8, 4) is 0 Å². The van der Waals surface area contributed by atoms with E-state index < -0.39 is 55.3 Å². The molecular formula is C31H32F6N6O3. The van der Waals surface area contributed by atoms with Crippen LogP contribution < -0.4 is 9.80 Å². The van der Waals surface area contributed by atoms with Gasteiger partial charge in [0, 0.05) is 37.3 Å². The van der Waals surface area contributed by atoms with Gasteiger partial charge in [0.15, 0.2) is 5.82 Å². The van der Waals surface area contributed by atoms with Crippen molar-refractivity contribution in [3.05, 3.63) is 76.7 Å². The van der Waals surface area contributed by atoms with Crippen molar-refractivity contribution in [1.29, 1.82) is 0 Å². The van der Waals surface area contributed by atoms with Crippen LogP contribution in [0.25, 0.3) is 0 Å². The van der Waals surface area contributed by atoms with Crippen LogP contribution in [-0.4, -0.2) is 74.5 Å². The predicted molar refractivity (Wildman–Crippen MR) is 155 cm³/mol. The second-order valence-electron chi connectivity index (χ2n) is 12.1. The van der Waals surface area contributed by atoms with Gasteiger partial charge in [-0.3, -0.25) is 14.5 Å². The van der Waals surface area contributed by atoms with Crippen molar-refractivity contribution in [1.82, 2.24) is 19.6 Å². The summed E-state index contributed by atoms with van der Waals surface area (Å²) in [5.41, 5.74) is 0.708. The lowest BCUT2D eigenvalue weighted by Crippen LogP contribution is -2.54. The minimum Gasteiger partial charge on any atom is -0.465 e. The quantitative estimate of drug-likeness (QED) is 0.315. The van der Waals surface area contributed by atoms with Gasteiger partial charge in [0.1, 0.15) is 5.82 Å². The number of hydrogen-bond acceptors (Lipinski definition) is 4. The molecule has 0 aliphatic carbocycles. The maximum atomic E-state index is 14.7. The number of fused-ring (bicyclic) bond motifs is 1. The number of rotatable bonds is 6. The summed E-state index contributed by atoms with van der Waals surface area (Å²) in [6.45, 7) is 1.14. The number of aromatic nitrogens is 2. The van der Waals surface area contributed by atoms with Crippen molar-refractivity contribution in [2.45, 2.75) is 70.0 Å². The third kappa shape index (κ3) is 6.06. The Morgan fingerprint density at radius 1 is 1.09 bits per heavy atom. The number of hydrogen-bond donors (Lipinski definition) is 1. The number of aryl methyl sites for hydroxylation is 1. The van der Waals surface area contributed by atoms with E-state index in [-0.39, 0.29) is 36.3 Å². The van der Waals surface area contributed by atoms with Crippen LogP contribution in [0.4, 0.5) is 47.4 Å². The summed E-state index contributed by atoms with van der Waals surface area (Å²) < 4.78 is 86.0. The molecular weight excluding hydrogens is 618 g/mol. The summed E-state index contributed by atoms with van der Waals surface area (Å²) in [4.78, 5) is 31.0. The minimum atomic E-state index is -4.68. The molecule has 2 aromatic carbocycles. The number of carboxylic acid groups (broad SMARTS) is 1. The highest BCUT2D eigenvalue weighted by Crippen LogP contribution is 2.38. The molecule has 2 saturated heterocycles. The normalized spacial score (nSPS) is 20.4. The first kappa shape index (κ1) is 31.5. The van der Waals surface area contributed by atoms with Crippen LogP contribution >= 0.6 is 0 Å². The van der Waals surface area contributed by atoms with Gasteiger partial charge < -0.3 is 14.9 Å². The Kier molecular flexibility index (Phi) is 8.05. The van der Waals surface area contributed by atoms with Gasteiger partial charge >= 0.3 is 18.3 Å². The molecule has 0 radical (unpaired) electrons. The highest BCUT2D eigenvalue weighted by atomic mass is 19.4. The van der Waals surface area contributed by atoms with Crippen molar-refractivity contribution >= 4 is 23.6 Å². The van der Waals surface area contributed by atoms with Crippen LogP contribution in [-0.2, 0) is 25.8 Å². The van der Waals surface area contributed by atoms with Gasteiger partial charge in [-0.1, -0.05) is 30.3 Å². The van der Waals surface area contributed by atoms with Crippen LogP contribution in [0.3, 0.4) is 0 Å². The number of alkyl halides is 5. The molecule has 1 N–H and O–H groups in total. The van der Waals surface area contributed by atoms with Gasteiger partial charge in [0.2, 0.25) is 0 Å². The molecule has 1 atom stereocenters. The zero-order valence-corrected chi connectivity index (χ0v) is 24.9. The number of para-hydroxylation sites is 1. The van der Waals surface area contributed by atoms with E-state index >= 15 is 0 Å². The summed E-state index contributed by atoms with van der Waals surface area (Å²) in [7, 11) is 0. The van der Waals surface area contributed by atoms with Crippen LogP contribution in [0, 0.1) is 12.7 Å². The lowest BCUT2D eigenvalue weighted by Gasteiger charge is -2.43. The second-order valence-corrected chi connectivity index (χ2v) is 12.1. The number of carbonyl (C=O) groups is 2. The first-order valence-electron chi connectivity index (χ1n) is 14.9. The number of likely N-dealkylation sites (tertiary alicyclic amines) is 1. The van der Waals surface area contributed by atoms with Crippen molar-refractivity contribution in [3.63, 3.8) is 0 Å². The molecule has 15 heteroatoms. The Bertz CT molecular complexity index is 1620. The maximum absolute atomic E-state index is 14.7. The molecule has 3 amide bonds. The molecule has 9 nitrogen and oxygen atoms in total. The molecule has 0 unspecified atom stereocenters. The summed E-state index contributed by atoms with van der Waals surface area (Å²) in [5, 5.41) is 13.9. The van der Waals surface area contributed by atoms with E-state index in [0.717, 1.165) is 16.5 Å². The standard InChI is InChI=1S/C31H32F6N6O3/c1-19-5-4-8-25(32)26(19)39-11-9-22(10-12-39)41-16-21-14-40(17-23-13-30(33,34)18-43(23)29(45)46)38-27(21)42(28(41)44)15-20-6-2-3-7-24(20)31(35,36)37/h2-8,14,22-23H,9-13,15-18H2,1H3,(H,45,46)/t23-/m1/s1. The molecule has 3 aliphatic rings. The number of halogens is 6. The third-order valence-electron chi connectivity index (χ3n) is 8.97. The number of carbonyl (C=O) groups excluding carboxylic acids is 1. The average Bonchev–Trinajstić information content (AvgIpc) is 3.53. The maximum Gasteiger partial charge on any atom is 0.416 e. The summed E-state index contributed by atoms with van der Waals surface area (Å²) in [6, 6.07) is 7.79. The van der Waals surface area contributed by atoms with E-state index in [1.54, 1.807) is 11.0 Å². The van der Waals surface area contributed by atoms with Gasteiger partial charge in [0.25, 0.3) is 5.92 Å². The molecule has 3 aliphatic heterocycles. The Hall–Kier alpha value is -4.43. The van der Waals surface area contributed by atoms with E-state index in [2.05, 4.69) is 5.10 Å². The Morgan fingerprint density at radius 2 is 1.80 bits per heavy atom. The molecule has 46 heavy (non-hydrogen) atoms. The van der Waals surface area contributed by atoms with Crippen molar-refractivity contribution < 1.29 is 41.0 Å². The van der Waals surface area contributed by atoms with E-state index in [1.807, 2.05) is 17.9 Å². The fourth-order valence-corrected chi connectivity index (χ4v) is 6.84. The topological polar surface area (TPSA) is 85.2 Å². The number of anilines is 2. The molecule has 2 fully saturated rings. The zero-order chi connectivity index (χ0) is 33.0. The van der Waals surface area contributed by atoms with Crippen molar-refractivity contribution in [2.75, 3.05) is 29.4 Å². The van der Waals surface area contributed by atoms with Gasteiger partial charge in [-0.15, -0.1) is 0 Å². The fourth-order valence-electron chi connectivity index (χ4n) is 6.84. The molecule has 0 saturated carbocycles. The van der Waals surface area contributed by atoms with Gasteiger partial charge in [-0.2, -0.15) is 18.3 Å². The SMILES string of the molecule is Cc1cccc(F)c1N1CCC(N2Cc3cn(C[C@H]4CC(F)(F)CN4C(=O)O)nc3N(Cc3ccccc3C(F)(F)F)C2=O)CC1. The Morgan fingerprint density at radius 3 is 2.48 bits per heavy atom. The van der Waals surface area contributed by atoms with Crippen LogP contribution in [0.5, 0.6) is 0 Å². The predicted octanol–water partition coefficient (Wildman–Crippen LogP) is 6.35. The van der Waals surface area contributed by atoms with E-state index in [4.69, 9.17) is 0 Å². The first-order valence-corrected chi connectivity index (χ1v) is 14.9. The third-order valence-corrected chi connectivity index (χ3v) is 8.97. The van der Waals surface area contributed by atoms with Gasteiger partial charge in [-0.25, -0.2) is 22.8 Å². The van der Waals surface area contributed by atoms with Crippen LogP contribution in [0.15, 0.2) is 48.7 Å². The second kappa shape index (κ2) is 11.7. The number of benzene rings is 2. The van der Waals surface area contributed by atoms with Crippen LogP contribution in [0.2, 0.25) is 0 Å². The molecule has 0 spiro atoms. The van der Waals surface area contributed by atoms with Crippen LogP contribution in [0.1, 0.15) is 41.5 Å². The van der Waals surface area contributed by atoms with E-state index in [0.29, 0.717) is 42.1 Å². The summed E-state index contributed by atoms with van der Waals surface area (Å²) >= 11 is 0. The Balaban J connectivity index is 1.29. The summed E-state index contributed by atoms with van der Waals surface area (Å²) in [5.74, 6) is -3.48. The number of amides is 3. The molecule has 6 rings (SSSR count). The summed E-state index contributed by atoms with van der Waals surface area (Å²) in [6.07, 6.45) is -4.41. The van der Waals surface area contributed by atoms with Gasteiger partial charge in [0.05, 0.1) is 43.5 Å². The number of urea groups is 1. The zero-order valence-electron chi connectivity index (χ0n) is 24.9. The monoisotopic (exact) mass is 650 g/mol. The molecule has 4 heterocycles. The van der Waals surface area contributed by atoms with Crippen molar-refractivity contribution in [2.24, 2.45) is 0 Å². The minimum absolute atomic E-state index is 0.0679. The average molecular weight is 651 g/mol.